The molecule has 0 aliphatic carbocycles. The highest BCUT2D eigenvalue weighted by Crippen LogP contribution is 2.15. The van der Waals surface area contributed by atoms with Crippen molar-refractivity contribution in [3.8, 4) is 0 Å². The van der Waals surface area contributed by atoms with E-state index in [1.165, 1.54) is 0 Å². The minimum Gasteiger partial charge on any atom is -0.169 e. The first-order valence-corrected chi connectivity index (χ1v) is 2.95. The van der Waals surface area contributed by atoms with E-state index in [2.05, 4.69) is 28.0 Å². The first kappa shape index (κ1) is 8.31. The van der Waals surface area contributed by atoms with E-state index in [0.717, 1.165) is 0 Å². The van der Waals surface area contributed by atoms with Crippen molar-refractivity contribution >= 4 is 12.6 Å². The highest BCUT2D eigenvalue weighted by atomic mass is 32.1. The average Bonchev–Trinajstić information content (AvgIpc) is 2.10. The summed E-state index contributed by atoms with van der Waals surface area (Å²) in [5.41, 5.74) is 0. The molecule has 8 heteroatoms. The molecule has 0 saturated carbocycles. The number of tetrazole rings is 1. The first-order chi connectivity index (χ1) is 4.97. The lowest BCUT2D eigenvalue weighted by Gasteiger charge is -2.02. The maximum absolute atomic E-state index is 11.6. The van der Waals surface area contributed by atoms with Crippen LogP contribution in [0.2, 0.25) is 0 Å². The Labute approximate surface area is 64.8 Å². The number of thiol groups is 1. The molecule has 1 heterocycles. The number of hydrogen-bond donors (Lipinski definition) is 1. The van der Waals surface area contributed by atoms with Crippen LogP contribution in [0, 0.1) is 0 Å². The summed E-state index contributed by atoms with van der Waals surface area (Å²) in [6.07, 6.45) is -4.32. The van der Waals surface area contributed by atoms with Gasteiger partial charge in [-0.3, -0.25) is 0 Å². The zero-order chi connectivity index (χ0) is 8.48. The second-order valence-electron chi connectivity index (χ2n) is 1.74. The van der Waals surface area contributed by atoms with E-state index in [1.807, 2.05) is 0 Å². The molecule has 1 rings (SSSR count). The van der Waals surface area contributed by atoms with E-state index in [-0.39, 0.29) is 5.16 Å². The van der Waals surface area contributed by atoms with Crippen LogP contribution in [0.3, 0.4) is 0 Å². The fourth-order valence-corrected chi connectivity index (χ4v) is 0.605. The van der Waals surface area contributed by atoms with Crippen LogP contribution in [0.1, 0.15) is 0 Å². The molecular formula is C3H3F3N4S. The molecule has 11 heavy (non-hydrogen) atoms. The Bertz CT molecular complexity index is 243. The number of alkyl halides is 3. The molecule has 0 aliphatic rings. The summed E-state index contributed by atoms with van der Waals surface area (Å²) in [5, 5.41) is 9.39. The Kier molecular flexibility index (Phi) is 2.03. The van der Waals surface area contributed by atoms with Crippen LogP contribution in [-0.2, 0) is 6.54 Å². The van der Waals surface area contributed by atoms with Crippen molar-refractivity contribution in [2.45, 2.75) is 17.9 Å². The Morgan fingerprint density at radius 2 is 2.09 bits per heavy atom. The second kappa shape index (κ2) is 2.68. The number of hydrogen-bond acceptors (Lipinski definition) is 4. The third kappa shape index (κ3) is 2.74. The van der Waals surface area contributed by atoms with Gasteiger partial charge in [-0.15, -0.1) is 10.2 Å². The van der Waals surface area contributed by atoms with Crippen molar-refractivity contribution in [3.63, 3.8) is 0 Å². The molecule has 0 N–H and O–H groups in total. The van der Waals surface area contributed by atoms with Gasteiger partial charge in [0.25, 0.3) is 0 Å². The molecule has 0 radical (unpaired) electrons. The van der Waals surface area contributed by atoms with Crippen molar-refractivity contribution < 1.29 is 13.2 Å². The number of aromatic nitrogens is 4. The van der Waals surface area contributed by atoms with Gasteiger partial charge in [-0.1, -0.05) is 12.6 Å². The fourth-order valence-electron chi connectivity index (χ4n) is 0.462. The highest BCUT2D eigenvalue weighted by Gasteiger charge is 2.29. The monoisotopic (exact) mass is 184 g/mol. The van der Waals surface area contributed by atoms with Crippen LogP contribution in [0.5, 0.6) is 0 Å². The molecule has 0 amide bonds. The molecule has 0 aromatic carbocycles. The van der Waals surface area contributed by atoms with Crippen LogP contribution in [0.25, 0.3) is 0 Å². The van der Waals surface area contributed by atoms with E-state index in [0.29, 0.717) is 4.80 Å². The summed E-state index contributed by atoms with van der Waals surface area (Å²) in [6.45, 7) is -1.24. The lowest BCUT2D eigenvalue weighted by atomic mass is 10.7. The molecule has 0 aliphatic heterocycles. The van der Waals surface area contributed by atoms with Gasteiger partial charge in [-0.25, -0.2) is 0 Å². The Hall–Kier alpha value is -0.790. The molecule has 0 unspecified atom stereocenters. The average molecular weight is 184 g/mol. The summed E-state index contributed by atoms with van der Waals surface area (Å²) in [5.74, 6) is 0. The maximum Gasteiger partial charge on any atom is 0.409 e. The summed E-state index contributed by atoms with van der Waals surface area (Å²) < 4.78 is 34.8. The van der Waals surface area contributed by atoms with Gasteiger partial charge in [0.2, 0.25) is 5.16 Å². The number of halogens is 3. The molecule has 0 spiro atoms. The van der Waals surface area contributed by atoms with E-state index in [9.17, 15) is 13.2 Å². The molecule has 0 bridgehead atoms. The molecule has 62 valence electrons. The third-order valence-corrected chi connectivity index (χ3v) is 0.942. The molecule has 0 fully saturated rings. The van der Waals surface area contributed by atoms with Gasteiger partial charge in [0.1, 0.15) is 0 Å². The zero-order valence-electron chi connectivity index (χ0n) is 5.08. The summed E-state index contributed by atoms with van der Waals surface area (Å²) >= 11 is 3.58. The smallest absolute Gasteiger partial charge is 0.169 e. The quantitative estimate of drug-likeness (QED) is 0.647. The van der Waals surface area contributed by atoms with E-state index < -0.39 is 12.7 Å². The molecule has 1 aromatic heterocycles. The molecule has 4 nitrogen and oxygen atoms in total. The molecular weight excluding hydrogens is 181 g/mol. The molecule has 0 atom stereocenters. The Morgan fingerprint density at radius 1 is 1.45 bits per heavy atom. The van der Waals surface area contributed by atoms with Crippen molar-refractivity contribution in [2.24, 2.45) is 0 Å². The fraction of sp³-hybridized carbons (Fsp3) is 0.667. The first-order valence-electron chi connectivity index (χ1n) is 2.51. The SMILES string of the molecule is FC(F)(F)Cn1nnc(S)n1. The van der Waals surface area contributed by atoms with Crippen molar-refractivity contribution in [3.05, 3.63) is 0 Å². The van der Waals surface area contributed by atoms with E-state index >= 15 is 0 Å². The molecule has 0 saturated heterocycles. The summed E-state index contributed by atoms with van der Waals surface area (Å²) in [4.78, 5) is 0.433. The van der Waals surface area contributed by atoms with Gasteiger partial charge >= 0.3 is 6.18 Å². The lowest BCUT2D eigenvalue weighted by molar-refractivity contribution is -0.145. The Morgan fingerprint density at radius 3 is 2.45 bits per heavy atom. The summed E-state index contributed by atoms with van der Waals surface area (Å²) in [6, 6.07) is 0. The topological polar surface area (TPSA) is 43.6 Å². The largest absolute Gasteiger partial charge is 0.409 e. The predicted octanol–water partition coefficient (Wildman–Crippen LogP) is 0.524. The zero-order valence-corrected chi connectivity index (χ0v) is 5.97. The van der Waals surface area contributed by atoms with Crippen LogP contribution >= 0.6 is 12.6 Å². The van der Waals surface area contributed by atoms with Gasteiger partial charge in [-0.05, 0) is 5.21 Å². The molecule has 1 aromatic rings. The predicted molar refractivity (Wildman–Crippen MR) is 31.1 cm³/mol. The second-order valence-corrected chi connectivity index (χ2v) is 2.14. The third-order valence-electron chi connectivity index (χ3n) is 0.763. The highest BCUT2D eigenvalue weighted by molar-refractivity contribution is 7.80. The maximum atomic E-state index is 11.6. The van der Waals surface area contributed by atoms with Gasteiger partial charge < -0.3 is 0 Å². The lowest BCUT2D eigenvalue weighted by Crippen LogP contribution is -2.19. The van der Waals surface area contributed by atoms with Crippen LogP contribution in [-0.4, -0.2) is 26.4 Å². The van der Waals surface area contributed by atoms with Crippen LogP contribution in [0.15, 0.2) is 5.16 Å². The standard InChI is InChI=1S/C3H3F3N4S/c4-3(5,6)1-10-8-2(11)7-9-10/h1H2,(H,8,11). The normalized spacial score (nSPS) is 12.0. The van der Waals surface area contributed by atoms with Gasteiger partial charge in [-0.2, -0.15) is 18.0 Å². The van der Waals surface area contributed by atoms with Crippen LogP contribution in [0.4, 0.5) is 13.2 Å². The van der Waals surface area contributed by atoms with E-state index in [1.54, 1.807) is 0 Å². The van der Waals surface area contributed by atoms with Gasteiger partial charge in [0.05, 0.1) is 0 Å². The van der Waals surface area contributed by atoms with Crippen molar-refractivity contribution in [1.82, 2.24) is 20.2 Å². The minimum absolute atomic E-state index is 0.0748. The number of rotatable bonds is 1. The van der Waals surface area contributed by atoms with Crippen LogP contribution < -0.4 is 0 Å². The minimum atomic E-state index is -4.32. The van der Waals surface area contributed by atoms with Gasteiger partial charge in [0.15, 0.2) is 6.54 Å². The Balaban J connectivity index is 2.65. The van der Waals surface area contributed by atoms with Crippen molar-refractivity contribution in [1.29, 1.82) is 0 Å². The number of nitrogens with zero attached hydrogens (tertiary/aromatic N) is 4. The van der Waals surface area contributed by atoms with E-state index in [4.69, 9.17) is 0 Å². The van der Waals surface area contributed by atoms with Crippen molar-refractivity contribution in [2.75, 3.05) is 0 Å². The summed E-state index contributed by atoms with van der Waals surface area (Å²) in [7, 11) is 0. The van der Waals surface area contributed by atoms with Gasteiger partial charge in [0, 0.05) is 0 Å².